The van der Waals surface area contributed by atoms with Crippen molar-refractivity contribution in [3.05, 3.63) is 22.4 Å². The van der Waals surface area contributed by atoms with Crippen LogP contribution < -0.4 is 10.6 Å². The molecular formula is C18H30N2O2S. The number of thiophene rings is 1. The molecule has 1 fully saturated rings. The zero-order valence-electron chi connectivity index (χ0n) is 14.7. The molecule has 2 N–H and O–H groups in total. The Hall–Kier alpha value is -1.07. The van der Waals surface area contributed by atoms with E-state index in [1.54, 1.807) is 0 Å². The monoisotopic (exact) mass is 338 g/mol. The van der Waals surface area contributed by atoms with Crippen molar-refractivity contribution < 1.29 is 9.53 Å². The Morgan fingerprint density at radius 3 is 2.74 bits per heavy atom. The summed E-state index contributed by atoms with van der Waals surface area (Å²) >= 11 is 1.82. The zero-order chi connectivity index (χ0) is 16.9. The Morgan fingerprint density at radius 1 is 1.39 bits per heavy atom. The molecule has 3 atom stereocenters. The molecule has 0 spiro atoms. The first-order valence-electron chi connectivity index (χ1n) is 8.66. The van der Waals surface area contributed by atoms with Crippen LogP contribution in [0, 0.1) is 0 Å². The van der Waals surface area contributed by atoms with E-state index in [1.165, 1.54) is 11.3 Å². The maximum absolute atomic E-state index is 11.9. The second-order valence-electron chi connectivity index (χ2n) is 7.38. The van der Waals surface area contributed by atoms with Gasteiger partial charge in [-0.25, -0.2) is 4.79 Å². The first-order chi connectivity index (χ1) is 10.9. The summed E-state index contributed by atoms with van der Waals surface area (Å²) in [6.45, 7) is 7.90. The number of hydrogen-bond acceptors (Lipinski definition) is 4. The number of amides is 1. The number of alkyl carbamates (subject to hydrolysis) is 1. The molecule has 0 aliphatic heterocycles. The molecule has 0 aromatic carbocycles. The predicted octanol–water partition coefficient (Wildman–Crippen LogP) is 4.62. The second-order valence-corrected chi connectivity index (χ2v) is 8.36. The summed E-state index contributed by atoms with van der Waals surface area (Å²) in [5, 5.41) is 8.94. The Bertz CT molecular complexity index is 482. The van der Waals surface area contributed by atoms with Gasteiger partial charge in [0.25, 0.3) is 0 Å². The van der Waals surface area contributed by atoms with Crippen LogP contribution in [0.4, 0.5) is 4.79 Å². The van der Waals surface area contributed by atoms with E-state index in [-0.39, 0.29) is 12.1 Å². The summed E-state index contributed by atoms with van der Waals surface area (Å²) in [5.74, 6) is 0. The quantitative estimate of drug-likeness (QED) is 0.795. The highest BCUT2D eigenvalue weighted by Crippen LogP contribution is 2.28. The maximum Gasteiger partial charge on any atom is 0.407 e. The fourth-order valence-electron chi connectivity index (χ4n) is 3.11. The highest BCUT2D eigenvalue weighted by atomic mass is 32.1. The van der Waals surface area contributed by atoms with Crippen molar-refractivity contribution in [2.75, 3.05) is 0 Å². The van der Waals surface area contributed by atoms with Crippen LogP contribution in [-0.2, 0) is 4.74 Å². The van der Waals surface area contributed by atoms with Crippen LogP contribution in [0.25, 0.3) is 0 Å². The van der Waals surface area contributed by atoms with Gasteiger partial charge in [0, 0.05) is 23.0 Å². The predicted molar refractivity (Wildman–Crippen MR) is 95.9 cm³/mol. The van der Waals surface area contributed by atoms with Gasteiger partial charge in [0.2, 0.25) is 0 Å². The third-order valence-corrected chi connectivity index (χ3v) is 5.04. The average molecular weight is 339 g/mol. The van der Waals surface area contributed by atoms with Crippen molar-refractivity contribution in [3.8, 4) is 0 Å². The van der Waals surface area contributed by atoms with E-state index in [2.05, 4.69) is 35.1 Å². The molecule has 1 aliphatic rings. The van der Waals surface area contributed by atoms with Crippen LogP contribution in [0.5, 0.6) is 0 Å². The van der Waals surface area contributed by atoms with Crippen molar-refractivity contribution in [1.82, 2.24) is 10.6 Å². The maximum atomic E-state index is 11.9. The SMILES string of the molecule is CCCC(NC1CCC(NC(=O)OC(C)(C)C)C1)c1cccs1. The Kier molecular flexibility index (Phi) is 6.48. The molecule has 4 nitrogen and oxygen atoms in total. The van der Waals surface area contributed by atoms with E-state index in [1.807, 2.05) is 32.1 Å². The lowest BCUT2D eigenvalue weighted by molar-refractivity contribution is 0.0505. The number of carbonyl (C=O) groups is 1. The van der Waals surface area contributed by atoms with E-state index in [4.69, 9.17) is 4.74 Å². The van der Waals surface area contributed by atoms with Crippen molar-refractivity contribution in [2.24, 2.45) is 0 Å². The number of nitrogens with one attached hydrogen (secondary N) is 2. The zero-order valence-corrected chi connectivity index (χ0v) is 15.5. The largest absolute Gasteiger partial charge is 0.444 e. The first kappa shape index (κ1) is 18.3. The lowest BCUT2D eigenvalue weighted by Crippen LogP contribution is -2.39. The molecule has 1 heterocycles. The second kappa shape index (κ2) is 8.15. The fraction of sp³-hybridized carbons (Fsp3) is 0.722. The molecule has 1 aromatic heterocycles. The molecule has 1 aliphatic carbocycles. The van der Waals surface area contributed by atoms with E-state index < -0.39 is 5.60 Å². The molecule has 130 valence electrons. The fourth-order valence-corrected chi connectivity index (χ4v) is 3.93. The van der Waals surface area contributed by atoms with Gasteiger partial charge in [0.1, 0.15) is 5.60 Å². The molecular weight excluding hydrogens is 308 g/mol. The Labute approximate surface area is 144 Å². The van der Waals surface area contributed by atoms with Gasteiger partial charge in [-0.3, -0.25) is 0 Å². The highest BCUT2D eigenvalue weighted by molar-refractivity contribution is 7.10. The summed E-state index contributed by atoms with van der Waals surface area (Å²) in [4.78, 5) is 13.3. The van der Waals surface area contributed by atoms with Crippen molar-refractivity contribution >= 4 is 17.4 Å². The van der Waals surface area contributed by atoms with Crippen molar-refractivity contribution in [2.45, 2.75) is 83.5 Å². The van der Waals surface area contributed by atoms with Crippen LogP contribution in [0.3, 0.4) is 0 Å². The van der Waals surface area contributed by atoms with Crippen LogP contribution in [0.15, 0.2) is 17.5 Å². The third kappa shape index (κ3) is 6.15. The van der Waals surface area contributed by atoms with Crippen molar-refractivity contribution in [1.29, 1.82) is 0 Å². The van der Waals surface area contributed by atoms with Gasteiger partial charge >= 0.3 is 6.09 Å². The number of rotatable bonds is 6. The summed E-state index contributed by atoms with van der Waals surface area (Å²) in [6.07, 6.45) is 5.12. The van der Waals surface area contributed by atoms with E-state index >= 15 is 0 Å². The standard InChI is InChI=1S/C18H30N2O2S/c1-5-7-15(16-8-6-11-23-16)19-13-9-10-14(12-13)20-17(21)22-18(2,3)4/h6,8,11,13-15,19H,5,7,9-10,12H2,1-4H3,(H,20,21). The van der Waals surface area contributed by atoms with Gasteiger partial charge in [0.15, 0.2) is 0 Å². The summed E-state index contributed by atoms with van der Waals surface area (Å²) in [6, 6.07) is 5.45. The van der Waals surface area contributed by atoms with Gasteiger partial charge in [-0.1, -0.05) is 19.4 Å². The van der Waals surface area contributed by atoms with Gasteiger partial charge in [-0.05, 0) is 57.9 Å². The van der Waals surface area contributed by atoms with Crippen LogP contribution in [-0.4, -0.2) is 23.8 Å². The van der Waals surface area contributed by atoms with Gasteiger partial charge in [-0.15, -0.1) is 11.3 Å². The Morgan fingerprint density at radius 2 is 2.13 bits per heavy atom. The van der Waals surface area contributed by atoms with Gasteiger partial charge in [-0.2, -0.15) is 0 Å². The average Bonchev–Trinajstić information content (AvgIpc) is 3.07. The molecule has 2 rings (SSSR count). The molecule has 3 unspecified atom stereocenters. The molecule has 0 saturated heterocycles. The lowest BCUT2D eigenvalue weighted by Gasteiger charge is -2.23. The summed E-state index contributed by atoms with van der Waals surface area (Å²) < 4.78 is 5.34. The topological polar surface area (TPSA) is 50.4 Å². The molecule has 0 radical (unpaired) electrons. The minimum atomic E-state index is -0.439. The van der Waals surface area contributed by atoms with E-state index in [0.29, 0.717) is 12.1 Å². The highest BCUT2D eigenvalue weighted by Gasteiger charge is 2.29. The van der Waals surface area contributed by atoms with E-state index in [9.17, 15) is 4.79 Å². The minimum Gasteiger partial charge on any atom is -0.444 e. The van der Waals surface area contributed by atoms with Crippen LogP contribution >= 0.6 is 11.3 Å². The molecule has 1 amide bonds. The normalized spacial score (nSPS) is 22.8. The lowest BCUT2D eigenvalue weighted by atomic mass is 10.1. The van der Waals surface area contributed by atoms with Crippen LogP contribution in [0.1, 0.15) is 70.7 Å². The minimum absolute atomic E-state index is 0.216. The molecule has 0 bridgehead atoms. The molecule has 5 heteroatoms. The number of ether oxygens (including phenoxy) is 1. The van der Waals surface area contributed by atoms with Crippen LogP contribution in [0.2, 0.25) is 0 Å². The summed E-state index contributed by atoms with van der Waals surface area (Å²) in [7, 11) is 0. The molecule has 1 aromatic rings. The first-order valence-corrected chi connectivity index (χ1v) is 9.54. The molecule has 1 saturated carbocycles. The Balaban J connectivity index is 1.81. The summed E-state index contributed by atoms with van der Waals surface area (Å²) in [5.41, 5.74) is -0.439. The van der Waals surface area contributed by atoms with Gasteiger partial charge in [0.05, 0.1) is 0 Å². The van der Waals surface area contributed by atoms with E-state index in [0.717, 1.165) is 25.7 Å². The number of carbonyl (C=O) groups excluding carboxylic acids is 1. The van der Waals surface area contributed by atoms with Crippen molar-refractivity contribution in [3.63, 3.8) is 0 Å². The number of hydrogen-bond donors (Lipinski definition) is 2. The third-order valence-electron chi connectivity index (χ3n) is 4.05. The smallest absolute Gasteiger partial charge is 0.407 e. The van der Waals surface area contributed by atoms with Gasteiger partial charge < -0.3 is 15.4 Å². The molecule has 23 heavy (non-hydrogen) atoms.